The van der Waals surface area contributed by atoms with Gasteiger partial charge in [-0.2, -0.15) is 0 Å². The van der Waals surface area contributed by atoms with Crippen LogP contribution in [0.4, 0.5) is 14.9 Å². The van der Waals surface area contributed by atoms with Gasteiger partial charge in [-0.05, 0) is 56.5 Å². The van der Waals surface area contributed by atoms with Gasteiger partial charge in [0.1, 0.15) is 5.82 Å². The lowest BCUT2D eigenvalue weighted by Crippen LogP contribution is -2.47. The second-order valence-corrected chi connectivity index (χ2v) is 6.71. The Bertz CT molecular complexity index is 571. The highest BCUT2D eigenvalue weighted by Crippen LogP contribution is 2.14. The summed E-state index contributed by atoms with van der Waals surface area (Å²) in [5.74, 6) is -0.140. The Hall–Kier alpha value is -2.15. The van der Waals surface area contributed by atoms with E-state index < -0.39 is 0 Å². The largest absolute Gasteiger partial charge is 0.343 e. The summed E-state index contributed by atoms with van der Waals surface area (Å²) >= 11 is 0. The molecule has 1 aromatic rings. The number of nitrogens with two attached hydrogens (primary N) is 1. The second-order valence-electron chi connectivity index (χ2n) is 6.71. The molecule has 2 rings (SSSR count). The Labute approximate surface area is 154 Å². The predicted molar refractivity (Wildman–Crippen MR) is 100 cm³/mol. The molecule has 6 nitrogen and oxygen atoms in total. The first-order valence-corrected chi connectivity index (χ1v) is 9.39. The number of nitrogens with zero attached hydrogens (tertiary/aromatic N) is 1. The smallest absolute Gasteiger partial charge is 0.319 e. The van der Waals surface area contributed by atoms with Crippen LogP contribution in [0.3, 0.4) is 0 Å². The number of halogens is 1. The molecule has 0 spiro atoms. The molecular formula is C19H29FN4O2. The number of rotatable bonds is 8. The van der Waals surface area contributed by atoms with E-state index in [9.17, 15) is 14.0 Å². The third-order valence-electron chi connectivity index (χ3n) is 4.63. The molecule has 1 aromatic carbocycles. The molecule has 0 bridgehead atoms. The van der Waals surface area contributed by atoms with Gasteiger partial charge < -0.3 is 21.3 Å². The van der Waals surface area contributed by atoms with Crippen LogP contribution in [0.5, 0.6) is 0 Å². The van der Waals surface area contributed by atoms with E-state index in [1.54, 1.807) is 0 Å². The summed E-state index contributed by atoms with van der Waals surface area (Å²) in [5.41, 5.74) is 6.01. The number of nitrogens with one attached hydrogen (secondary N) is 2. The Balaban J connectivity index is 1.63. The van der Waals surface area contributed by atoms with Crippen molar-refractivity contribution < 1.29 is 14.0 Å². The van der Waals surface area contributed by atoms with Gasteiger partial charge in [0.05, 0.1) is 0 Å². The number of likely N-dealkylation sites (tertiary alicyclic amines) is 1. The fraction of sp³-hybridized carbons (Fsp3) is 0.579. The molecule has 1 saturated heterocycles. The van der Waals surface area contributed by atoms with Gasteiger partial charge >= 0.3 is 6.03 Å². The van der Waals surface area contributed by atoms with E-state index in [0.29, 0.717) is 31.7 Å². The monoisotopic (exact) mass is 364 g/mol. The number of piperidine rings is 1. The van der Waals surface area contributed by atoms with E-state index in [1.807, 2.05) is 4.90 Å². The zero-order valence-electron chi connectivity index (χ0n) is 15.2. The molecule has 0 radical (unpaired) electrons. The van der Waals surface area contributed by atoms with Gasteiger partial charge in [-0.25, -0.2) is 9.18 Å². The maximum Gasteiger partial charge on any atom is 0.319 e. The van der Waals surface area contributed by atoms with E-state index in [0.717, 1.165) is 38.5 Å². The van der Waals surface area contributed by atoms with Gasteiger partial charge in [0, 0.05) is 31.2 Å². The van der Waals surface area contributed by atoms with Crippen LogP contribution >= 0.6 is 0 Å². The predicted octanol–water partition coefficient (Wildman–Crippen LogP) is 2.85. The van der Waals surface area contributed by atoms with Gasteiger partial charge in [-0.1, -0.05) is 12.8 Å². The number of carbonyl (C=O) groups excluding carboxylic acids is 2. The number of unbranched alkanes of at least 4 members (excludes halogenated alkanes) is 3. The third kappa shape index (κ3) is 7.00. The summed E-state index contributed by atoms with van der Waals surface area (Å²) in [5, 5.41) is 5.60. The first-order valence-electron chi connectivity index (χ1n) is 9.39. The minimum Gasteiger partial charge on any atom is -0.343 e. The van der Waals surface area contributed by atoms with Crippen molar-refractivity contribution in [2.75, 3.05) is 25.0 Å². The highest BCUT2D eigenvalue weighted by Gasteiger charge is 2.23. The number of benzene rings is 1. The first-order chi connectivity index (χ1) is 12.6. The summed E-state index contributed by atoms with van der Waals surface area (Å²) in [6.07, 6.45) is 6.14. The van der Waals surface area contributed by atoms with Crippen molar-refractivity contribution >= 4 is 17.6 Å². The van der Waals surface area contributed by atoms with Crippen LogP contribution in [0.25, 0.3) is 0 Å². The lowest BCUT2D eigenvalue weighted by molar-refractivity contribution is -0.132. The third-order valence-corrected chi connectivity index (χ3v) is 4.63. The molecule has 144 valence electrons. The first kappa shape index (κ1) is 20.2. The fourth-order valence-corrected chi connectivity index (χ4v) is 3.09. The Kier molecular flexibility index (Phi) is 8.34. The van der Waals surface area contributed by atoms with Crippen molar-refractivity contribution in [3.8, 4) is 0 Å². The van der Waals surface area contributed by atoms with Gasteiger partial charge in [-0.15, -0.1) is 0 Å². The fourth-order valence-electron chi connectivity index (χ4n) is 3.09. The van der Waals surface area contributed by atoms with Gasteiger partial charge in [0.25, 0.3) is 0 Å². The maximum absolute atomic E-state index is 12.9. The zero-order chi connectivity index (χ0) is 18.8. The van der Waals surface area contributed by atoms with Crippen LogP contribution in [0.1, 0.15) is 44.9 Å². The van der Waals surface area contributed by atoms with Crippen molar-refractivity contribution in [2.24, 2.45) is 5.73 Å². The molecule has 0 saturated carbocycles. The lowest BCUT2D eigenvalue weighted by atomic mass is 10.0. The molecule has 4 N–H and O–H groups in total. The molecule has 1 aliphatic heterocycles. The highest BCUT2D eigenvalue weighted by molar-refractivity contribution is 5.89. The van der Waals surface area contributed by atoms with Crippen LogP contribution in [-0.4, -0.2) is 42.5 Å². The molecule has 1 aliphatic rings. The van der Waals surface area contributed by atoms with E-state index >= 15 is 0 Å². The minimum absolute atomic E-state index is 0.0454. The quantitative estimate of drug-likeness (QED) is 0.620. The van der Waals surface area contributed by atoms with Crippen LogP contribution < -0.4 is 16.4 Å². The molecule has 26 heavy (non-hydrogen) atoms. The summed E-state index contributed by atoms with van der Waals surface area (Å²) in [4.78, 5) is 26.1. The molecular weight excluding hydrogens is 335 g/mol. The van der Waals surface area contributed by atoms with E-state index in [1.165, 1.54) is 24.3 Å². The number of hydrogen-bond acceptors (Lipinski definition) is 3. The normalized spacial score (nSPS) is 14.9. The average molecular weight is 364 g/mol. The van der Waals surface area contributed by atoms with E-state index in [2.05, 4.69) is 10.6 Å². The van der Waals surface area contributed by atoms with Crippen LogP contribution in [-0.2, 0) is 4.79 Å². The van der Waals surface area contributed by atoms with Gasteiger partial charge in [0.2, 0.25) is 5.91 Å². The number of amides is 3. The summed E-state index contributed by atoms with van der Waals surface area (Å²) in [6, 6.07) is 5.38. The molecule has 7 heteroatoms. The highest BCUT2D eigenvalue weighted by atomic mass is 19.1. The zero-order valence-corrected chi connectivity index (χ0v) is 15.2. The standard InChI is InChI=1S/C19H29FN4O2/c20-15-6-8-16(9-7-15)22-19(26)23-17-10-13-24(14-11-17)18(25)5-3-1-2-4-12-21/h6-9,17H,1-5,10-14,21H2,(H2,22,23,26). The summed E-state index contributed by atoms with van der Waals surface area (Å²) in [6.45, 7) is 2.05. The molecule has 0 atom stereocenters. The van der Waals surface area contributed by atoms with Crippen LogP contribution in [0.2, 0.25) is 0 Å². The van der Waals surface area contributed by atoms with Crippen molar-refractivity contribution in [3.63, 3.8) is 0 Å². The summed E-state index contributed by atoms with van der Waals surface area (Å²) in [7, 11) is 0. The molecule has 0 aromatic heterocycles. The average Bonchev–Trinajstić information content (AvgIpc) is 2.64. The molecule has 0 aliphatic carbocycles. The van der Waals surface area contributed by atoms with Crippen molar-refractivity contribution in [1.82, 2.24) is 10.2 Å². The maximum atomic E-state index is 12.9. The Morgan fingerprint density at radius 3 is 2.38 bits per heavy atom. The minimum atomic E-state index is -0.340. The second kappa shape index (κ2) is 10.8. The number of urea groups is 1. The van der Waals surface area contributed by atoms with Crippen LogP contribution in [0.15, 0.2) is 24.3 Å². The molecule has 0 unspecified atom stereocenters. The topological polar surface area (TPSA) is 87.5 Å². The molecule has 3 amide bonds. The van der Waals surface area contributed by atoms with Crippen molar-refractivity contribution in [3.05, 3.63) is 30.1 Å². The molecule has 1 heterocycles. The lowest BCUT2D eigenvalue weighted by Gasteiger charge is -2.32. The van der Waals surface area contributed by atoms with Crippen molar-refractivity contribution in [2.45, 2.75) is 51.0 Å². The molecule has 1 fully saturated rings. The summed E-state index contributed by atoms with van der Waals surface area (Å²) < 4.78 is 12.9. The van der Waals surface area contributed by atoms with Crippen molar-refractivity contribution in [1.29, 1.82) is 0 Å². The number of hydrogen-bond donors (Lipinski definition) is 3. The van der Waals surface area contributed by atoms with Crippen LogP contribution in [0, 0.1) is 5.82 Å². The number of anilines is 1. The number of carbonyl (C=O) groups is 2. The Morgan fingerprint density at radius 2 is 1.73 bits per heavy atom. The van der Waals surface area contributed by atoms with E-state index in [4.69, 9.17) is 5.73 Å². The van der Waals surface area contributed by atoms with Gasteiger partial charge in [0.15, 0.2) is 0 Å². The van der Waals surface area contributed by atoms with E-state index in [-0.39, 0.29) is 23.8 Å². The van der Waals surface area contributed by atoms with Gasteiger partial charge in [-0.3, -0.25) is 4.79 Å². The SMILES string of the molecule is NCCCCCCC(=O)N1CCC(NC(=O)Nc2ccc(F)cc2)CC1. The Morgan fingerprint density at radius 1 is 1.08 bits per heavy atom.